The van der Waals surface area contributed by atoms with Gasteiger partial charge in [-0.05, 0) is 30.5 Å². The van der Waals surface area contributed by atoms with E-state index in [0.717, 1.165) is 17.0 Å². The minimum Gasteiger partial charge on any atom is -0.296 e. The number of nitrogens with one attached hydrogen (secondary N) is 1. The molecule has 0 unspecified atom stereocenters. The van der Waals surface area contributed by atoms with E-state index in [1.54, 1.807) is 0 Å². The fourth-order valence-corrected chi connectivity index (χ4v) is 2.81. The van der Waals surface area contributed by atoms with Gasteiger partial charge in [0.05, 0.1) is 0 Å². The molecule has 0 fully saturated rings. The molecule has 3 aromatic rings. The van der Waals surface area contributed by atoms with Gasteiger partial charge in [0, 0.05) is 5.56 Å². The summed E-state index contributed by atoms with van der Waals surface area (Å²) in [6, 6.07) is 17.7. The van der Waals surface area contributed by atoms with Gasteiger partial charge >= 0.3 is 0 Å². The lowest BCUT2D eigenvalue weighted by atomic mass is 9.99. The van der Waals surface area contributed by atoms with Gasteiger partial charge in [0.2, 0.25) is 5.13 Å². The third-order valence-corrected chi connectivity index (χ3v) is 4.00. The van der Waals surface area contributed by atoms with Crippen LogP contribution in [0.25, 0.3) is 0 Å². The zero-order valence-electron chi connectivity index (χ0n) is 12.1. The quantitative estimate of drug-likeness (QED) is 0.799. The van der Waals surface area contributed by atoms with Crippen LogP contribution in [0.1, 0.15) is 26.5 Å². The molecule has 5 heteroatoms. The Kier molecular flexibility index (Phi) is 4.25. The molecule has 22 heavy (non-hydrogen) atoms. The molecule has 0 radical (unpaired) electrons. The van der Waals surface area contributed by atoms with Crippen molar-refractivity contribution in [2.24, 2.45) is 0 Å². The molecule has 0 aliphatic rings. The smallest absolute Gasteiger partial charge is 0.257 e. The highest BCUT2D eigenvalue weighted by molar-refractivity contribution is 7.15. The SMILES string of the molecule is Cc1nnc(NC(=O)c2ccccc2Cc2ccccc2)s1. The van der Waals surface area contributed by atoms with Crippen molar-refractivity contribution < 1.29 is 4.79 Å². The Balaban J connectivity index is 1.83. The number of hydrogen-bond acceptors (Lipinski definition) is 4. The summed E-state index contributed by atoms with van der Waals surface area (Å²) in [5.74, 6) is -0.150. The van der Waals surface area contributed by atoms with Gasteiger partial charge in [0.15, 0.2) is 0 Å². The Morgan fingerprint density at radius 2 is 1.77 bits per heavy atom. The molecule has 0 atom stereocenters. The van der Waals surface area contributed by atoms with E-state index in [0.29, 0.717) is 10.7 Å². The first-order valence-electron chi connectivity index (χ1n) is 6.95. The molecule has 0 aliphatic carbocycles. The first-order chi connectivity index (χ1) is 10.7. The van der Waals surface area contributed by atoms with Crippen molar-refractivity contribution in [1.29, 1.82) is 0 Å². The van der Waals surface area contributed by atoms with E-state index in [9.17, 15) is 4.79 Å². The van der Waals surface area contributed by atoms with E-state index in [4.69, 9.17) is 0 Å². The Morgan fingerprint density at radius 3 is 2.50 bits per heavy atom. The standard InChI is InChI=1S/C17H15N3OS/c1-12-19-20-17(22-12)18-16(21)15-10-6-5-9-14(15)11-13-7-3-2-4-8-13/h2-10H,11H2,1H3,(H,18,20,21). The lowest BCUT2D eigenvalue weighted by Crippen LogP contribution is -2.14. The van der Waals surface area contributed by atoms with Gasteiger partial charge < -0.3 is 0 Å². The van der Waals surface area contributed by atoms with Gasteiger partial charge in [-0.1, -0.05) is 59.9 Å². The van der Waals surface area contributed by atoms with Crippen LogP contribution in [0, 0.1) is 6.92 Å². The van der Waals surface area contributed by atoms with E-state index in [1.807, 2.05) is 49.4 Å². The number of anilines is 1. The highest BCUT2D eigenvalue weighted by Gasteiger charge is 2.13. The van der Waals surface area contributed by atoms with Gasteiger partial charge in [-0.2, -0.15) is 0 Å². The normalized spacial score (nSPS) is 10.4. The third-order valence-electron chi connectivity index (χ3n) is 3.25. The summed E-state index contributed by atoms with van der Waals surface area (Å²) in [5.41, 5.74) is 2.83. The predicted octanol–water partition coefficient (Wildman–Crippen LogP) is 3.69. The van der Waals surface area contributed by atoms with Crippen LogP contribution in [-0.2, 0) is 6.42 Å². The summed E-state index contributed by atoms with van der Waals surface area (Å²) < 4.78 is 0. The van der Waals surface area contributed by atoms with E-state index in [-0.39, 0.29) is 5.91 Å². The summed E-state index contributed by atoms with van der Waals surface area (Å²) in [7, 11) is 0. The number of carbonyl (C=O) groups excluding carboxylic acids is 1. The lowest BCUT2D eigenvalue weighted by Gasteiger charge is -2.08. The van der Waals surface area contributed by atoms with Crippen molar-refractivity contribution >= 4 is 22.4 Å². The molecule has 0 saturated carbocycles. The Bertz CT molecular complexity index is 783. The van der Waals surface area contributed by atoms with Gasteiger partial charge in [0.25, 0.3) is 5.91 Å². The lowest BCUT2D eigenvalue weighted by molar-refractivity contribution is 0.102. The second-order valence-corrected chi connectivity index (χ2v) is 6.08. The number of aromatic nitrogens is 2. The molecule has 0 saturated heterocycles. The number of carbonyl (C=O) groups is 1. The predicted molar refractivity (Wildman–Crippen MR) is 88.3 cm³/mol. The second kappa shape index (κ2) is 6.49. The molecule has 1 heterocycles. The van der Waals surface area contributed by atoms with Gasteiger partial charge in [-0.3, -0.25) is 10.1 Å². The van der Waals surface area contributed by atoms with Crippen LogP contribution < -0.4 is 5.32 Å². The molecular formula is C17H15N3OS. The van der Waals surface area contributed by atoms with Gasteiger partial charge in [0.1, 0.15) is 5.01 Å². The summed E-state index contributed by atoms with van der Waals surface area (Å²) in [6.07, 6.45) is 0.722. The number of benzene rings is 2. The van der Waals surface area contributed by atoms with Crippen LogP contribution >= 0.6 is 11.3 Å². The molecule has 2 aromatic carbocycles. The van der Waals surface area contributed by atoms with Crippen LogP contribution in [0.4, 0.5) is 5.13 Å². The largest absolute Gasteiger partial charge is 0.296 e. The number of rotatable bonds is 4. The number of hydrogen-bond donors (Lipinski definition) is 1. The van der Waals surface area contributed by atoms with E-state index in [1.165, 1.54) is 16.9 Å². The maximum absolute atomic E-state index is 12.5. The summed E-state index contributed by atoms with van der Waals surface area (Å²) >= 11 is 1.37. The van der Waals surface area contributed by atoms with Crippen LogP contribution in [0.2, 0.25) is 0 Å². The monoisotopic (exact) mass is 309 g/mol. The molecule has 1 N–H and O–H groups in total. The van der Waals surface area contributed by atoms with Crippen molar-refractivity contribution in [2.45, 2.75) is 13.3 Å². The molecule has 3 rings (SSSR count). The Morgan fingerprint density at radius 1 is 1.05 bits per heavy atom. The molecular weight excluding hydrogens is 294 g/mol. The van der Waals surface area contributed by atoms with Gasteiger partial charge in [-0.25, -0.2) is 0 Å². The molecule has 110 valence electrons. The topological polar surface area (TPSA) is 54.9 Å². The minimum atomic E-state index is -0.150. The maximum atomic E-state index is 12.5. The average Bonchev–Trinajstić information content (AvgIpc) is 2.94. The second-order valence-electron chi connectivity index (χ2n) is 4.90. The van der Waals surface area contributed by atoms with Gasteiger partial charge in [-0.15, -0.1) is 10.2 Å². The highest BCUT2D eigenvalue weighted by Crippen LogP contribution is 2.18. The van der Waals surface area contributed by atoms with Crippen molar-refractivity contribution in [2.75, 3.05) is 5.32 Å². The first kappa shape index (κ1) is 14.4. The molecule has 0 spiro atoms. The number of aryl methyl sites for hydroxylation is 1. The van der Waals surface area contributed by atoms with Crippen LogP contribution in [-0.4, -0.2) is 16.1 Å². The molecule has 0 bridgehead atoms. The summed E-state index contributed by atoms with van der Waals surface area (Å²) in [5, 5.41) is 12.0. The van der Waals surface area contributed by atoms with Crippen molar-refractivity contribution in [3.63, 3.8) is 0 Å². The van der Waals surface area contributed by atoms with Crippen LogP contribution in [0.5, 0.6) is 0 Å². The minimum absolute atomic E-state index is 0.150. The maximum Gasteiger partial charge on any atom is 0.257 e. The third kappa shape index (κ3) is 3.38. The fourth-order valence-electron chi connectivity index (χ4n) is 2.22. The number of nitrogens with zero attached hydrogens (tertiary/aromatic N) is 2. The van der Waals surface area contributed by atoms with Crippen molar-refractivity contribution in [3.8, 4) is 0 Å². The summed E-state index contributed by atoms with van der Waals surface area (Å²) in [6.45, 7) is 1.86. The zero-order chi connectivity index (χ0) is 15.4. The van der Waals surface area contributed by atoms with E-state index >= 15 is 0 Å². The van der Waals surface area contributed by atoms with Crippen molar-refractivity contribution in [1.82, 2.24) is 10.2 Å². The Labute approximate surface area is 132 Å². The van der Waals surface area contributed by atoms with Crippen LogP contribution in [0.3, 0.4) is 0 Å². The van der Waals surface area contributed by atoms with Crippen molar-refractivity contribution in [3.05, 3.63) is 76.3 Å². The molecule has 0 aliphatic heterocycles. The molecule has 4 nitrogen and oxygen atoms in total. The highest BCUT2D eigenvalue weighted by atomic mass is 32.1. The fraction of sp³-hybridized carbons (Fsp3) is 0.118. The summed E-state index contributed by atoms with van der Waals surface area (Å²) in [4.78, 5) is 12.5. The average molecular weight is 309 g/mol. The van der Waals surface area contributed by atoms with E-state index < -0.39 is 0 Å². The molecule has 1 aromatic heterocycles. The Hall–Kier alpha value is -2.53. The molecule has 1 amide bonds. The van der Waals surface area contributed by atoms with E-state index in [2.05, 4.69) is 27.6 Å². The zero-order valence-corrected chi connectivity index (χ0v) is 12.9. The van der Waals surface area contributed by atoms with Crippen LogP contribution in [0.15, 0.2) is 54.6 Å². The number of amides is 1. The first-order valence-corrected chi connectivity index (χ1v) is 7.77.